The maximum absolute atomic E-state index is 3.63. The zero-order valence-corrected chi connectivity index (χ0v) is 12.3. The van der Waals surface area contributed by atoms with Gasteiger partial charge in [0.25, 0.3) is 0 Å². The highest BCUT2D eigenvalue weighted by atomic mass is 14.9. The second-order valence-corrected chi connectivity index (χ2v) is 5.10. The minimum absolute atomic E-state index is 0.540. The van der Waals surface area contributed by atoms with E-state index in [2.05, 4.69) is 50.4 Å². The molecule has 0 saturated heterocycles. The van der Waals surface area contributed by atoms with Gasteiger partial charge in [0.1, 0.15) is 0 Å². The third kappa shape index (κ3) is 5.22. The van der Waals surface area contributed by atoms with Crippen LogP contribution in [0.5, 0.6) is 0 Å². The summed E-state index contributed by atoms with van der Waals surface area (Å²) in [5.41, 5.74) is 2.95. The van der Waals surface area contributed by atoms with Crippen LogP contribution >= 0.6 is 0 Å². The Balaban J connectivity index is 2.67. The Morgan fingerprint density at radius 2 is 1.89 bits per heavy atom. The molecule has 0 aliphatic heterocycles. The maximum Gasteiger partial charge on any atom is 0.0320 e. The summed E-state index contributed by atoms with van der Waals surface area (Å²) < 4.78 is 0. The van der Waals surface area contributed by atoms with E-state index in [-0.39, 0.29) is 0 Å². The van der Waals surface area contributed by atoms with Crippen molar-refractivity contribution in [2.24, 2.45) is 0 Å². The lowest BCUT2D eigenvalue weighted by Crippen LogP contribution is -2.21. The standard InChI is InChI=1S/C17H29N/c1-4-7-8-13-17(18-6-3)16-12-9-11-15(14-16)10-5-2/h9,11-12,14,17-18H,4-8,10,13H2,1-3H3. The molecule has 0 aliphatic carbocycles. The van der Waals surface area contributed by atoms with Crippen LogP contribution in [-0.2, 0) is 6.42 Å². The van der Waals surface area contributed by atoms with E-state index in [9.17, 15) is 0 Å². The summed E-state index contributed by atoms with van der Waals surface area (Å²) in [5.74, 6) is 0. The first kappa shape index (κ1) is 15.2. The largest absolute Gasteiger partial charge is 0.310 e. The van der Waals surface area contributed by atoms with Crippen LogP contribution in [0.1, 0.15) is 70.0 Å². The SMILES string of the molecule is CCCCCC(NCC)c1cccc(CCC)c1. The molecule has 1 aromatic rings. The predicted molar refractivity (Wildman–Crippen MR) is 81.0 cm³/mol. The molecule has 1 heteroatoms. The summed E-state index contributed by atoms with van der Waals surface area (Å²) in [6.07, 6.45) is 7.65. The van der Waals surface area contributed by atoms with Crippen molar-refractivity contribution in [1.29, 1.82) is 0 Å². The van der Waals surface area contributed by atoms with Crippen LogP contribution in [0.15, 0.2) is 24.3 Å². The Morgan fingerprint density at radius 3 is 2.56 bits per heavy atom. The van der Waals surface area contributed by atoms with E-state index in [0.717, 1.165) is 6.54 Å². The van der Waals surface area contributed by atoms with E-state index in [1.165, 1.54) is 49.7 Å². The fourth-order valence-corrected chi connectivity index (χ4v) is 2.49. The van der Waals surface area contributed by atoms with Crippen LogP contribution in [0.4, 0.5) is 0 Å². The van der Waals surface area contributed by atoms with E-state index < -0.39 is 0 Å². The minimum Gasteiger partial charge on any atom is -0.310 e. The normalized spacial score (nSPS) is 12.6. The lowest BCUT2D eigenvalue weighted by molar-refractivity contribution is 0.486. The smallest absolute Gasteiger partial charge is 0.0320 e. The van der Waals surface area contributed by atoms with Gasteiger partial charge in [-0.05, 0) is 30.5 Å². The number of benzene rings is 1. The van der Waals surface area contributed by atoms with Gasteiger partial charge in [0.15, 0.2) is 0 Å². The zero-order chi connectivity index (χ0) is 13.2. The number of hydrogen-bond donors (Lipinski definition) is 1. The molecular formula is C17H29N. The minimum atomic E-state index is 0.540. The van der Waals surface area contributed by atoms with Gasteiger partial charge >= 0.3 is 0 Å². The van der Waals surface area contributed by atoms with Crippen molar-refractivity contribution in [2.45, 2.75) is 65.3 Å². The van der Waals surface area contributed by atoms with Crippen LogP contribution in [0.25, 0.3) is 0 Å². The van der Waals surface area contributed by atoms with Crippen molar-refractivity contribution in [2.75, 3.05) is 6.54 Å². The van der Waals surface area contributed by atoms with E-state index >= 15 is 0 Å². The van der Waals surface area contributed by atoms with Crippen LogP contribution in [0.2, 0.25) is 0 Å². The molecule has 0 aliphatic rings. The molecule has 1 nitrogen and oxygen atoms in total. The van der Waals surface area contributed by atoms with Gasteiger partial charge in [0.05, 0.1) is 0 Å². The van der Waals surface area contributed by atoms with Crippen molar-refractivity contribution < 1.29 is 0 Å². The second kappa shape index (κ2) is 9.16. The van der Waals surface area contributed by atoms with Crippen LogP contribution in [-0.4, -0.2) is 6.54 Å². The first-order valence-electron chi connectivity index (χ1n) is 7.64. The first-order valence-corrected chi connectivity index (χ1v) is 7.64. The molecule has 0 amide bonds. The number of aryl methyl sites for hydroxylation is 1. The van der Waals surface area contributed by atoms with E-state index in [4.69, 9.17) is 0 Å². The molecule has 18 heavy (non-hydrogen) atoms. The quantitative estimate of drug-likeness (QED) is 0.614. The third-order valence-electron chi connectivity index (χ3n) is 3.44. The van der Waals surface area contributed by atoms with E-state index in [1.807, 2.05) is 0 Å². The monoisotopic (exact) mass is 247 g/mol. The first-order chi connectivity index (χ1) is 8.81. The van der Waals surface area contributed by atoms with Crippen LogP contribution < -0.4 is 5.32 Å². The molecule has 1 rings (SSSR count). The van der Waals surface area contributed by atoms with Gasteiger partial charge in [-0.3, -0.25) is 0 Å². The highest BCUT2D eigenvalue weighted by molar-refractivity contribution is 5.26. The summed E-state index contributed by atoms with van der Waals surface area (Å²) >= 11 is 0. The molecule has 102 valence electrons. The molecule has 0 heterocycles. The number of rotatable bonds is 9. The van der Waals surface area contributed by atoms with Crippen LogP contribution in [0, 0.1) is 0 Å². The zero-order valence-electron chi connectivity index (χ0n) is 12.3. The summed E-state index contributed by atoms with van der Waals surface area (Å²) in [6, 6.07) is 9.67. The molecular weight excluding hydrogens is 218 g/mol. The van der Waals surface area contributed by atoms with Crippen molar-refractivity contribution in [3.8, 4) is 0 Å². The molecule has 0 spiro atoms. The Bertz CT molecular complexity index is 319. The van der Waals surface area contributed by atoms with Gasteiger partial charge in [0, 0.05) is 6.04 Å². The highest BCUT2D eigenvalue weighted by Crippen LogP contribution is 2.21. The topological polar surface area (TPSA) is 12.0 Å². The van der Waals surface area contributed by atoms with Crippen LogP contribution in [0.3, 0.4) is 0 Å². The fraction of sp³-hybridized carbons (Fsp3) is 0.647. The van der Waals surface area contributed by atoms with Gasteiger partial charge in [-0.1, -0.05) is 70.7 Å². The molecule has 0 bridgehead atoms. The average molecular weight is 247 g/mol. The molecule has 0 radical (unpaired) electrons. The summed E-state index contributed by atoms with van der Waals surface area (Å²) in [7, 11) is 0. The van der Waals surface area contributed by atoms with Gasteiger partial charge < -0.3 is 5.32 Å². The Hall–Kier alpha value is -0.820. The molecule has 0 fully saturated rings. The Kier molecular flexibility index (Phi) is 7.75. The van der Waals surface area contributed by atoms with Gasteiger partial charge in [0.2, 0.25) is 0 Å². The molecule has 1 aromatic carbocycles. The molecule has 1 atom stereocenters. The fourth-order valence-electron chi connectivity index (χ4n) is 2.49. The van der Waals surface area contributed by atoms with Crippen molar-refractivity contribution in [1.82, 2.24) is 5.32 Å². The molecule has 1 unspecified atom stereocenters. The highest BCUT2D eigenvalue weighted by Gasteiger charge is 2.09. The summed E-state index contributed by atoms with van der Waals surface area (Å²) in [6.45, 7) is 7.76. The van der Waals surface area contributed by atoms with Gasteiger partial charge in [-0.2, -0.15) is 0 Å². The van der Waals surface area contributed by atoms with E-state index in [1.54, 1.807) is 0 Å². The number of unbranched alkanes of at least 4 members (excludes halogenated alkanes) is 2. The number of hydrogen-bond acceptors (Lipinski definition) is 1. The predicted octanol–water partition coefficient (Wildman–Crippen LogP) is 4.87. The molecule has 0 saturated carbocycles. The van der Waals surface area contributed by atoms with Crippen molar-refractivity contribution in [3.05, 3.63) is 35.4 Å². The molecule has 0 aromatic heterocycles. The lowest BCUT2D eigenvalue weighted by atomic mass is 9.97. The average Bonchev–Trinajstić information content (AvgIpc) is 2.39. The third-order valence-corrected chi connectivity index (χ3v) is 3.44. The van der Waals surface area contributed by atoms with Crippen molar-refractivity contribution >= 4 is 0 Å². The Labute approximate surface area is 113 Å². The Morgan fingerprint density at radius 1 is 1.06 bits per heavy atom. The number of nitrogens with one attached hydrogen (secondary N) is 1. The van der Waals surface area contributed by atoms with Gasteiger partial charge in [-0.25, -0.2) is 0 Å². The lowest BCUT2D eigenvalue weighted by Gasteiger charge is -2.19. The van der Waals surface area contributed by atoms with E-state index in [0.29, 0.717) is 6.04 Å². The molecule has 1 N–H and O–H groups in total. The van der Waals surface area contributed by atoms with Gasteiger partial charge in [-0.15, -0.1) is 0 Å². The maximum atomic E-state index is 3.63. The summed E-state index contributed by atoms with van der Waals surface area (Å²) in [5, 5.41) is 3.63. The summed E-state index contributed by atoms with van der Waals surface area (Å²) in [4.78, 5) is 0. The second-order valence-electron chi connectivity index (χ2n) is 5.10. The van der Waals surface area contributed by atoms with Crippen molar-refractivity contribution in [3.63, 3.8) is 0 Å².